The number of nitrogens with one attached hydrogen (secondary N) is 1. The molecular weight excluding hydrogens is 486 g/mol. The highest BCUT2D eigenvalue weighted by molar-refractivity contribution is 7.92. The van der Waals surface area contributed by atoms with Crippen LogP contribution in [-0.4, -0.2) is 50.0 Å². The van der Waals surface area contributed by atoms with Gasteiger partial charge in [0, 0.05) is 30.6 Å². The molecule has 9 heteroatoms. The number of benzene rings is 2. The summed E-state index contributed by atoms with van der Waals surface area (Å²) >= 11 is 6.01. The van der Waals surface area contributed by atoms with Gasteiger partial charge in [-0.3, -0.25) is 13.9 Å². The highest BCUT2D eigenvalue weighted by Gasteiger charge is 2.29. The van der Waals surface area contributed by atoms with E-state index >= 15 is 0 Å². The van der Waals surface area contributed by atoms with Gasteiger partial charge in [0.2, 0.25) is 21.8 Å². The quantitative estimate of drug-likeness (QED) is 0.417. The van der Waals surface area contributed by atoms with Crippen LogP contribution in [0.2, 0.25) is 5.02 Å². The van der Waals surface area contributed by atoms with E-state index in [1.54, 1.807) is 41.3 Å². The van der Waals surface area contributed by atoms with Crippen LogP contribution in [0.15, 0.2) is 54.6 Å². The van der Waals surface area contributed by atoms with Crippen molar-refractivity contribution in [1.82, 2.24) is 10.2 Å². The van der Waals surface area contributed by atoms with E-state index in [-0.39, 0.29) is 37.4 Å². The molecule has 0 aliphatic carbocycles. The summed E-state index contributed by atoms with van der Waals surface area (Å²) in [7, 11) is -3.51. The third-order valence-electron chi connectivity index (χ3n) is 5.85. The SMILES string of the molecule is CC[C@H](C)NC(=O)[C@H](CC)N(Cc1ccc(Cl)cc1)C(=O)CCCN(c1ccccc1)S(C)(=O)=O. The fourth-order valence-corrected chi connectivity index (χ4v) is 4.84. The largest absolute Gasteiger partial charge is 0.352 e. The highest BCUT2D eigenvalue weighted by Crippen LogP contribution is 2.20. The number of hydrogen-bond donors (Lipinski definition) is 1. The van der Waals surface area contributed by atoms with Gasteiger partial charge in [0.25, 0.3) is 0 Å². The average molecular weight is 522 g/mol. The van der Waals surface area contributed by atoms with E-state index in [4.69, 9.17) is 11.6 Å². The van der Waals surface area contributed by atoms with Crippen molar-refractivity contribution in [2.75, 3.05) is 17.1 Å². The fraction of sp³-hybridized carbons (Fsp3) is 0.462. The zero-order valence-electron chi connectivity index (χ0n) is 20.9. The van der Waals surface area contributed by atoms with E-state index in [2.05, 4.69) is 5.32 Å². The molecule has 192 valence electrons. The Bertz CT molecular complexity index is 1060. The maximum atomic E-state index is 13.4. The van der Waals surface area contributed by atoms with Crippen LogP contribution >= 0.6 is 11.6 Å². The molecule has 0 aromatic heterocycles. The van der Waals surface area contributed by atoms with Crippen LogP contribution in [0.1, 0.15) is 52.0 Å². The Hall–Kier alpha value is -2.58. The lowest BCUT2D eigenvalue weighted by Gasteiger charge is -2.32. The van der Waals surface area contributed by atoms with Crippen molar-refractivity contribution >= 4 is 39.1 Å². The molecule has 2 aromatic rings. The predicted molar refractivity (Wildman–Crippen MR) is 142 cm³/mol. The lowest BCUT2D eigenvalue weighted by molar-refractivity contribution is -0.141. The lowest BCUT2D eigenvalue weighted by Crippen LogP contribution is -2.50. The Labute approximate surface area is 214 Å². The van der Waals surface area contributed by atoms with Gasteiger partial charge >= 0.3 is 0 Å². The van der Waals surface area contributed by atoms with Crippen molar-refractivity contribution < 1.29 is 18.0 Å². The van der Waals surface area contributed by atoms with Crippen molar-refractivity contribution in [2.45, 2.75) is 65.1 Å². The number of anilines is 1. The smallest absolute Gasteiger partial charge is 0.243 e. The Morgan fingerprint density at radius 3 is 2.17 bits per heavy atom. The maximum Gasteiger partial charge on any atom is 0.243 e. The third kappa shape index (κ3) is 8.85. The monoisotopic (exact) mass is 521 g/mol. The summed E-state index contributed by atoms with van der Waals surface area (Å²) in [6.07, 6.45) is 2.83. The molecule has 0 unspecified atom stereocenters. The first kappa shape index (κ1) is 28.7. The molecule has 0 aliphatic heterocycles. The number of para-hydroxylation sites is 1. The van der Waals surface area contributed by atoms with E-state index in [9.17, 15) is 18.0 Å². The first-order valence-electron chi connectivity index (χ1n) is 11.9. The molecule has 0 heterocycles. The van der Waals surface area contributed by atoms with E-state index in [1.807, 2.05) is 39.0 Å². The predicted octanol–water partition coefficient (Wildman–Crippen LogP) is 4.61. The lowest BCUT2D eigenvalue weighted by atomic mass is 10.1. The molecule has 1 N–H and O–H groups in total. The fourth-order valence-electron chi connectivity index (χ4n) is 3.75. The maximum absolute atomic E-state index is 13.4. The molecule has 0 aliphatic rings. The molecule has 2 rings (SSSR count). The van der Waals surface area contributed by atoms with Crippen LogP contribution < -0.4 is 9.62 Å². The van der Waals surface area contributed by atoms with Crippen LogP contribution in [0, 0.1) is 0 Å². The number of carbonyl (C=O) groups excluding carboxylic acids is 2. The first-order valence-corrected chi connectivity index (χ1v) is 14.2. The molecular formula is C26H36ClN3O4S. The minimum absolute atomic E-state index is 0.00164. The molecule has 7 nitrogen and oxygen atoms in total. The van der Waals surface area contributed by atoms with Gasteiger partial charge in [-0.2, -0.15) is 0 Å². The van der Waals surface area contributed by atoms with Gasteiger partial charge in [-0.1, -0.05) is 55.8 Å². The molecule has 2 atom stereocenters. The van der Waals surface area contributed by atoms with Crippen molar-refractivity contribution in [2.24, 2.45) is 0 Å². The molecule has 35 heavy (non-hydrogen) atoms. The number of amides is 2. The van der Waals surface area contributed by atoms with Crippen molar-refractivity contribution in [3.63, 3.8) is 0 Å². The number of hydrogen-bond acceptors (Lipinski definition) is 4. The number of sulfonamides is 1. The molecule has 2 aromatic carbocycles. The molecule has 0 spiro atoms. The first-order chi connectivity index (χ1) is 16.6. The van der Waals surface area contributed by atoms with Gasteiger partial charge in [-0.25, -0.2) is 8.42 Å². The number of rotatable bonds is 13. The summed E-state index contributed by atoms with van der Waals surface area (Å²) in [6.45, 7) is 6.22. The molecule has 0 fully saturated rings. The molecule has 0 saturated heterocycles. The van der Waals surface area contributed by atoms with E-state index < -0.39 is 16.1 Å². The Balaban J connectivity index is 2.20. The highest BCUT2D eigenvalue weighted by atomic mass is 35.5. The average Bonchev–Trinajstić information content (AvgIpc) is 2.82. The summed E-state index contributed by atoms with van der Waals surface area (Å²) in [5.74, 6) is -0.390. The van der Waals surface area contributed by atoms with Gasteiger partial charge < -0.3 is 10.2 Å². The van der Waals surface area contributed by atoms with Crippen molar-refractivity contribution in [3.05, 3.63) is 65.2 Å². The number of nitrogens with zero attached hydrogens (tertiary/aromatic N) is 2. The van der Waals surface area contributed by atoms with Gasteiger partial charge in [-0.05, 0) is 56.0 Å². The molecule has 0 bridgehead atoms. The topological polar surface area (TPSA) is 86.8 Å². The number of halogens is 1. The van der Waals surface area contributed by atoms with Crippen molar-refractivity contribution in [3.8, 4) is 0 Å². The zero-order chi connectivity index (χ0) is 26.0. The Morgan fingerprint density at radius 1 is 1.00 bits per heavy atom. The molecule has 2 amide bonds. The van der Waals surface area contributed by atoms with E-state index in [0.717, 1.165) is 18.2 Å². The summed E-state index contributed by atoms with van der Waals surface area (Å²) in [5, 5.41) is 3.58. The third-order valence-corrected chi connectivity index (χ3v) is 7.30. The Kier molecular flexibility index (Phi) is 11.0. The van der Waals surface area contributed by atoms with E-state index in [0.29, 0.717) is 23.6 Å². The van der Waals surface area contributed by atoms with E-state index in [1.165, 1.54) is 4.31 Å². The second-order valence-corrected chi connectivity index (χ2v) is 11.0. The van der Waals surface area contributed by atoms with Crippen LogP contribution in [0.4, 0.5) is 5.69 Å². The van der Waals surface area contributed by atoms with Crippen LogP contribution in [0.3, 0.4) is 0 Å². The van der Waals surface area contributed by atoms with Gasteiger partial charge in [0.1, 0.15) is 6.04 Å². The normalized spacial score (nSPS) is 13.1. The summed E-state index contributed by atoms with van der Waals surface area (Å²) in [6, 6.07) is 15.4. The summed E-state index contributed by atoms with van der Waals surface area (Å²) in [4.78, 5) is 28.0. The van der Waals surface area contributed by atoms with Gasteiger partial charge in [0.05, 0.1) is 11.9 Å². The Morgan fingerprint density at radius 2 is 1.63 bits per heavy atom. The zero-order valence-corrected chi connectivity index (χ0v) is 22.5. The minimum atomic E-state index is -3.51. The minimum Gasteiger partial charge on any atom is -0.352 e. The summed E-state index contributed by atoms with van der Waals surface area (Å²) < 4.78 is 26.0. The molecule has 0 saturated carbocycles. The molecule has 0 radical (unpaired) electrons. The second kappa shape index (κ2) is 13.5. The van der Waals surface area contributed by atoms with Crippen molar-refractivity contribution in [1.29, 1.82) is 0 Å². The number of carbonyl (C=O) groups is 2. The van der Waals surface area contributed by atoms with Gasteiger partial charge in [-0.15, -0.1) is 0 Å². The second-order valence-electron chi connectivity index (χ2n) is 8.66. The van der Waals surface area contributed by atoms with Crippen LogP contribution in [-0.2, 0) is 26.2 Å². The van der Waals surface area contributed by atoms with Crippen LogP contribution in [0.5, 0.6) is 0 Å². The standard InChI is InChI=1S/C26H36ClN3O4S/c1-5-20(3)28-26(32)24(6-2)29(19-21-14-16-22(27)17-15-21)25(31)13-10-18-30(35(4,33)34)23-11-8-7-9-12-23/h7-9,11-12,14-17,20,24H,5-6,10,13,18-19H2,1-4H3,(H,28,32)/t20-,24-/m0/s1. The summed E-state index contributed by atoms with van der Waals surface area (Å²) in [5.41, 5.74) is 1.42. The van der Waals surface area contributed by atoms with Gasteiger partial charge in [0.15, 0.2) is 0 Å². The van der Waals surface area contributed by atoms with Crippen LogP contribution in [0.25, 0.3) is 0 Å².